The molecule has 0 saturated carbocycles. The first-order valence-corrected chi connectivity index (χ1v) is 6.85. The number of carbonyl (C=O) groups is 1. The van der Waals surface area contributed by atoms with Crippen LogP contribution >= 0.6 is 0 Å². The zero-order valence-electron chi connectivity index (χ0n) is 11.1. The SMILES string of the molecule is Cc1ccc2cc(C(=O)C3=CCCCC3)ccc2n1. The van der Waals surface area contributed by atoms with Crippen molar-refractivity contribution >= 4 is 16.7 Å². The highest BCUT2D eigenvalue weighted by atomic mass is 16.1. The molecule has 0 fully saturated rings. The molecule has 0 radical (unpaired) electrons. The lowest BCUT2D eigenvalue weighted by Gasteiger charge is -2.11. The summed E-state index contributed by atoms with van der Waals surface area (Å²) in [5, 5.41) is 1.04. The Balaban J connectivity index is 1.99. The third kappa shape index (κ3) is 2.43. The van der Waals surface area contributed by atoms with Crippen LogP contribution in [0.3, 0.4) is 0 Å². The number of rotatable bonds is 2. The van der Waals surface area contributed by atoms with E-state index in [2.05, 4.69) is 11.1 Å². The first-order valence-electron chi connectivity index (χ1n) is 6.85. The molecule has 0 saturated heterocycles. The number of ketones is 1. The van der Waals surface area contributed by atoms with Crippen molar-refractivity contribution in [2.75, 3.05) is 0 Å². The number of Topliss-reactive ketones (excluding diaryl/α,β-unsaturated/α-hetero) is 1. The summed E-state index contributed by atoms with van der Waals surface area (Å²) >= 11 is 0. The van der Waals surface area contributed by atoms with Gasteiger partial charge < -0.3 is 0 Å². The molecular formula is C17H17NO. The second-order valence-corrected chi connectivity index (χ2v) is 5.16. The highest BCUT2D eigenvalue weighted by molar-refractivity contribution is 6.10. The van der Waals surface area contributed by atoms with Gasteiger partial charge in [0, 0.05) is 16.6 Å². The van der Waals surface area contributed by atoms with E-state index in [1.807, 2.05) is 37.3 Å². The van der Waals surface area contributed by atoms with E-state index in [9.17, 15) is 4.79 Å². The maximum absolute atomic E-state index is 12.4. The fraction of sp³-hybridized carbons (Fsp3) is 0.294. The number of nitrogens with zero attached hydrogens (tertiary/aromatic N) is 1. The van der Waals surface area contributed by atoms with Gasteiger partial charge in [-0.2, -0.15) is 0 Å². The second-order valence-electron chi connectivity index (χ2n) is 5.16. The van der Waals surface area contributed by atoms with E-state index >= 15 is 0 Å². The lowest BCUT2D eigenvalue weighted by molar-refractivity contribution is 0.102. The number of pyridine rings is 1. The molecule has 2 heteroatoms. The predicted octanol–water partition coefficient (Wildman–Crippen LogP) is 4.23. The van der Waals surface area contributed by atoms with Crippen LogP contribution in [-0.2, 0) is 0 Å². The van der Waals surface area contributed by atoms with Gasteiger partial charge in [-0.1, -0.05) is 12.1 Å². The van der Waals surface area contributed by atoms with Crippen LogP contribution in [0.5, 0.6) is 0 Å². The standard InChI is InChI=1S/C17H17NO/c1-12-7-8-14-11-15(9-10-16(14)18-12)17(19)13-5-3-2-4-6-13/h5,7-11H,2-4,6H2,1H3. The molecule has 2 aromatic rings. The largest absolute Gasteiger partial charge is 0.289 e. The van der Waals surface area contributed by atoms with Crippen molar-refractivity contribution in [2.45, 2.75) is 32.6 Å². The molecule has 0 N–H and O–H groups in total. The first kappa shape index (κ1) is 12.1. The Morgan fingerprint density at radius 3 is 2.84 bits per heavy atom. The van der Waals surface area contributed by atoms with Crippen molar-refractivity contribution < 1.29 is 4.79 Å². The van der Waals surface area contributed by atoms with Gasteiger partial charge in [-0.25, -0.2) is 0 Å². The number of aromatic nitrogens is 1. The van der Waals surface area contributed by atoms with E-state index in [1.54, 1.807) is 0 Å². The lowest BCUT2D eigenvalue weighted by Crippen LogP contribution is -2.06. The van der Waals surface area contributed by atoms with Crippen molar-refractivity contribution in [3.8, 4) is 0 Å². The Morgan fingerprint density at radius 1 is 1.16 bits per heavy atom. The second kappa shape index (κ2) is 4.96. The Morgan fingerprint density at radius 2 is 2.05 bits per heavy atom. The summed E-state index contributed by atoms with van der Waals surface area (Å²) in [6.45, 7) is 1.98. The van der Waals surface area contributed by atoms with Gasteiger partial charge in [0.05, 0.1) is 5.52 Å². The molecule has 0 aliphatic heterocycles. The van der Waals surface area contributed by atoms with E-state index in [4.69, 9.17) is 0 Å². The first-order chi connectivity index (χ1) is 9.24. The summed E-state index contributed by atoms with van der Waals surface area (Å²) in [6.07, 6.45) is 6.39. The molecule has 1 heterocycles. The summed E-state index contributed by atoms with van der Waals surface area (Å²) in [5.74, 6) is 0.183. The van der Waals surface area contributed by atoms with Gasteiger partial charge in [0.1, 0.15) is 0 Å². The van der Waals surface area contributed by atoms with E-state index in [0.29, 0.717) is 0 Å². The zero-order valence-corrected chi connectivity index (χ0v) is 11.1. The van der Waals surface area contributed by atoms with Crippen LogP contribution < -0.4 is 0 Å². The molecule has 1 aromatic carbocycles. The Kier molecular flexibility index (Phi) is 3.16. The summed E-state index contributed by atoms with van der Waals surface area (Å²) in [4.78, 5) is 16.9. The van der Waals surface area contributed by atoms with Crippen molar-refractivity contribution in [1.82, 2.24) is 4.98 Å². The number of benzene rings is 1. The Labute approximate surface area is 113 Å². The number of allylic oxidation sites excluding steroid dienone is 2. The van der Waals surface area contributed by atoms with Gasteiger partial charge in [-0.05, 0) is 62.4 Å². The minimum absolute atomic E-state index is 0.183. The summed E-state index contributed by atoms with van der Waals surface area (Å²) in [5.41, 5.74) is 3.72. The molecule has 0 spiro atoms. The third-order valence-electron chi connectivity index (χ3n) is 3.67. The minimum Gasteiger partial charge on any atom is -0.289 e. The summed E-state index contributed by atoms with van der Waals surface area (Å²) in [7, 11) is 0. The number of hydrogen-bond donors (Lipinski definition) is 0. The molecule has 0 amide bonds. The molecule has 96 valence electrons. The van der Waals surface area contributed by atoms with E-state index < -0.39 is 0 Å². The van der Waals surface area contributed by atoms with Gasteiger partial charge in [-0.3, -0.25) is 9.78 Å². The van der Waals surface area contributed by atoms with Crippen LogP contribution in [0.25, 0.3) is 10.9 Å². The Hall–Kier alpha value is -1.96. The molecule has 3 rings (SSSR count). The topological polar surface area (TPSA) is 30.0 Å². The van der Waals surface area contributed by atoms with E-state index in [-0.39, 0.29) is 5.78 Å². The van der Waals surface area contributed by atoms with E-state index in [0.717, 1.165) is 47.0 Å². The summed E-state index contributed by atoms with van der Waals surface area (Å²) < 4.78 is 0. The van der Waals surface area contributed by atoms with Crippen LogP contribution in [0.2, 0.25) is 0 Å². The zero-order chi connectivity index (χ0) is 13.2. The highest BCUT2D eigenvalue weighted by Crippen LogP contribution is 2.23. The maximum Gasteiger partial charge on any atom is 0.188 e. The van der Waals surface area contributed by atoms with Crippen LogP contribution in [0.15, 0.2) is 42.0 Å². The maximum atomic E-state index is 12.4. The number of aryl methyl sites for hydroxylation is 1. The molecule has 19 heavy (non-hydrogen) atoms. The normalized spacial score (nSPS) is 15.3. The number of carbonyl (C=O) groups excluding carboxylic acids is 1. The van der Waals surface area contributed by atoms with Crippen LogP contribution in [0.4, 0.5) is 0 Å². The van der Waals surface area contributed by atoms with Gasteiger partial charge >= 0.3 is 0 Å². The molecule has 0 atom stereocenters. The van der Waals surface area contributed by atoms with Crippen LogP contribution in [0, 0.1) is 6.92 Å². The molecule has 0 unspecified atom stereocenters. The van der Waals surface area contributed by atoms with Gasteiger partial charge in [0.2, 0.25) is 0 Å². The monoisotopic (exact) mass is 251 g/mol. The molecule has 1 aliphatic carbocycles. The molecular weight excluding hydrogens is 234 g/mol. The average molecular weight is 251 g/mol. The van der Waals surface area contributed by atoms with Gasteiger partial charge in [0.25, 0.3) is 0 Å². The summed E-state index contributed by atoms with van der Waals surface area (Å²) in [6, 6.07) is 9.81. The minimum atomic E-state index is 0.183. The van der Waals surface area contributed by atoms with Crippen molar-refractivity contribution in [2.24, 2.45) is 0 Å². The molecule has 0 bridgehead atoms. The van der Waals surface area contributed by atoms with Crippen LogP contribution in [-0.4, -0.2) is 10.8 Å². The average Bonchev–Trinajstić information content (AvgIpc) is 2.47. The van der Waals surface area contributed by atoms with Crippen molar-refractivity contribution in [3.63, 3.8) is 0 Å². The van der Waals surface area contributed by atoms with Gasteiger partial charge in [-0.15, -0.1) is 0 Å². The molecule has 2 nitrogen and oxygen atoms in total. The van der Waals surface area contributed by atoms with Crippen LogP contribution in [0.1, 0.15) is 41.7 Å². The van der Waals surface area contributed by atoms with Gasteiger partial charge in [0.15, 0.2) is 5.78 Å². The number of fused-ring (bicyclic) bond motifs is 1. The fourth-order valence-corrected chi connectivity index (χ4v) is 2.60. The molecule has 1 aliphatic rings. The fourth-order valence-electron chi connectivity index (χ4n) is 2.60. The smallest absolute Gasteiger partial charge is 0.188 e. The number of hydrogen-bond acceptors (Lipinski definition) is 2. The third-order valence-corrected chi connectivity index (χ3v) is 3.67. The van der Waals surface area contributed by atoms with Crippen molar-refractivity contribution in [3.05, 3.63) is 53.2 Å². The predicted molar refractivity (Wildman–Crippen MR) is 77.4 cm³/mol. The quantitative estimate of drug-likeness (QED) is 0.748. The Bertz CT molecular complexity index is 670. The van der Waals surface area contributed by atoms with E-state index in [1.165, 1.54) is 6.42 Å². The molecule has 1 aromatic heterocycles. The van der Waals surface area contributed by atoms with Crippen molar-refractivity contribution in [1.29, 1.82) is 0 Å². The highest BCUT2D eigenvalue weighted by Gasteiger charge is 2.14. The lowest BCUT2D eigenvalue weighted by atomic mass is 9.92.